The summed E-state index contributed by atoms with van der Waals surface area (Å²) in [6.45, 7) is 0. The summed E-state index contributed by atoms with van der Waals surface area (Å²) in [5.41, 5.74) is 1.10. The Labute approximate surface area is 121 Å². The molecule has 1 nitrogen and oxygen atoms in total. The highest BCUT2D eigenvalue weighted by molar-refractivity contribution is 6.31. The Morgan fingerprint density at radius 3 is 2.35 bits per heavy atom. The Hall–Kier alpha value is -1.90. The van der Waals surface area contributed by atoms with Crippen molar-refractivity contribution in [3.05, 3.63) is 82.6 Å². The molecule has 3 aromatic rings. The normalized spacial score (nSPS) is 12.6. The van der Waals surface area contributed by atoms with Gasteiger partial charge in [-0.05, 0) is 22.4 Å². The minimum atomic E-state index is -0.954. The number of rotatable bonds is 2. The number of aliphatic hydroxyl groups is 1. The van der Waals surface area contributed by atoms with Crippen LogP contribution in [0.5, 0.6) is 0 Å². The summed E-state index contributed by atoms with van der Waals surface area (Å²) in [5, 5.41) is 12.5. The van der Waals surface area contributed by atoms with Gasteiger partial charge in [0.15, 0.2) is 0 Å². The van der Waals surface area contributed by atoms with Gasteiger partial charge in [0.2, 0.25) is 0 Å². The molecule has 0 saturated heterocycles. The first kappa shape index (κ1) is 13.1. The lowest BCUT2D eigenvalue weighted by atomic mass is 9.96. The largest absolute Gasteiger partial charge is 0.384 e. The molecule has 0 spiro atoms. The average molecular weight is 287 g/mol. The topological polar surface area (TPSA) is 20.2 Å². The standard InChI is InChI=1S/C17H12ClFO/c18-16-14(9-4-10-15(16)19)17(20)13-8-3-6-11-5-1-2-7-12(11)13/h1-10,17,20H. The van der Waals surface area contributed by atoms with Crippen LogP contribution < -0.4 is 0 Å². The maximum atomic E-state index is 13.5. The third-order valence-corrected chi connectivity index (χ3v) is 3.79. The minimum absolute atomic E-state index is 0.0343. The second-order valence-corrected chi connectivity index (χ2v) is 4.99. The predicted molar refractivity (Wildman–Crippen MR) is 79.4 cm³/mol. The number of benzene rings is 3. The lowest BCUT2D eigenvalue weighted by Gasteiger charge is -2.15. The van der Waals surface area contributed by atoms with Crippen LogP contribution in [0.3, 0.4) is 0 Å². The highest BCUT2D eigenvalue weighted by Gasteiger charge is 2.18. The summed E-state index contributed by atoms with van der Waals surface area (Å²) in [6, 6.07) is 17.9. The fourth-order valence-corrected chi connectivity index (χ4v) is 2.62. The second kappa shape index (κ2) is 5.23. The lowest BCUT2D eigenvalue weighted by molar-refractivity contribution is 0.221. The summed E-state index contributed by atoms with van der Waals surface area (Å²) in [5.74, 6) is -0.525. The number of hydrogen-bond acceptors (Lipinski definition) is 1. The van der Waals surface area contributed by atoms with E-state index in [1.165, 1.54) is 6.07 Å². The maximum Gasteiger partial charge on any atom is 0.142 e. The molecule has 1 unspecified atom stereocenters. The molecule has 0 aliphatic heterocycles. The highest BCUT2D eigenvalue weighted by Crippen LogP contribution is 2.33. The number of fused-ring (bicyclic) bond motifs is 1. The maximum absolute atomic E-state index is 13.5. The monoisotopic (exact) mass is 286 g/mol. The molecule has 0 aromatic heterocycles. The van der Waals surface area contributed by atoms with Gasteiger partial charge in [-0.2, -0.15) is 0 Å². The van der Waals surface area contributed by atoms with Crippen molar-refractivity contribution in [1.29, 1.82) is 0 Å². The van der Waals surface area contributed by atoms with E-state index < -0.39 is 11.9 Å². The van der Waals surface area contributed by atoms with Gasteiger partial charge in [-0.3, -0.25) is 0 Å². The minimum Gasteiger partial charge on any atom is -0.384 e. The van der Waals surface area contributed by atoms with Crippen molar-refractivity contribution < 1.29 is 9.50 Å². The molecule has 20 heavy (non-hydrogen) atoms. The molecule has 3 aromatic carbocycles. The Kier molecular flexibility index (Phi) is 3.43. The molecule has 0 aliphatic carbocycles. The third kappa shape index (κ3) is 2.17. The highest BCUT2D eigenvalue weighted by atomic mass is 35.5. The molecule has 3 heteroatoms. The zero-order valence-corrected chi connectivity index (χ0v) is 11.3. The number of halogens is 2. The van der Waals surface area contributed by atoms with Crippen LogP contribution in [0.2, 0.25) is 5.02 Å². The van der Waals surface area contributed by atoms with E-state index >= 15 is 0 Å². The molecule has 0 radical (unpaired) electrons. The zero-order chi connectivity index (χ0) is 14.1. The van der Waals surface area contributed by atoms with Gasteiger partial charge in [-0.15, -0.1) is 0 Å². The van der Waals surface area contributed by atoms with Crippen molar-refractivity contribution in [2.45, 2.75) is 6.10 Å². The summed E-state index contributed by atoms with van der Waals surface area (Å²) in [7, 11) is 0. The van der Waals surface area contributed by atoms with Crippen LogP contribution in [0.1, 0.15) is 17.2 Å². The molecule has 3 rings (SSSR count). The first-order chi connectivity index (χ1) is 9.68. The van der Waals surface area contributed by atoms with Crippen molar-refractivity contribution in [3.63, 3.8) is 0 Å². The fourth-order valence-electron chi connectivity index (χ4n) is 2.39. The van der Waals surface area contributed by atoms with E-state index in [9.17, 15) is 9.50 Å². The smallest absolute Gasteiger partial charge is 0.142 e. The quantitative estimate of drug-likeness (QED) is 0.723. The molecule has 0 fully saturated rings. The molecule has 0 bridgehead atoms. The van der Waals surface area contributed by atoms with Crippen molar-refractivity contribution in [2.24, 2.45) is 0 Å². The van der Waals surface area contributed by atoms with Crippen LogP contribution in [0.25, 0.3) is 10.8 Å². The van der Waals surface area contributed by atoms with Crippen LogP contribution in [-0.4, -0.2) is 5.11 Å². The Morgan fingerprint density at radius 1 is 0.850 bits per heavy atom. The molecule has 1 atom stereocenters. The van der Waals surface area contributed by atoms with E-state index in [4.69, 9.17) is 11.6 Å². The third-order valence-electron chi connectivity index (χ3n) is 3.39. The molecular formula is C17H12ClFO. The molecule has 0 heterocycles. The summed E-state index contributed by atoms with van der Waals surface area (Å²) in [6.07, 6.45) is -0.954. The van der Waals surface area contributed by atoms with Gasteiger partial charge < -0.3 is 5.11 Å². The Morgan fingerprint density at radius 2 is 1.50 bits per heavy atom. The number of hydrogen-bond donors (Lipinski definition) is 1. The van der Waals surface area contributed by atoms with Gasteiger partial charge in [0.1, 0.15) is 11.9 Å². The predicted octanol–water partition coefficient (Wildman–Crippen LogP) is 4.71. The average Bonchev–Trinajstić information content (AvgIpc) is 2.49. The van der Waals surface area contributed by atoms with Gasteiger partial charge >= 0.3 is 0 Å². The Balaban J connectivity index is 2.18. The van der Waals surface area contributed by atoms with Gasteiger partial charge in [0.25, 0.3) is 0 Å². The van der Waals surface area contributed by atoms with E-state index in [0.29, 0.717) is 5.56 Å². The van der Waals surface area contributed by atoms with E-state index in [-0.39, 0.29) is 5.02 Å². The molecule has 0 amide bonds. The van der Waals surface area contributed by atoms with E-state index in [2.05, 4.69) is 0 Å². The van der Waals surface area contributed by atoms with Gasteiger partial charge in [-0.1, -0.05) is 66.2 Å². The second-order valence-electron chi connectivity index (χ2n) is 4.61. The molecule has 0 saturated carbocycles. The van der Waals surface area contributed by atoms with Gasteiger partial charge in [0, 0.05) is 5.56 Å². The van der Waals surface area contributed by atoms with Crippen molar-refractivity contribution in [2.75, 3.05) is 0 Å². The molecule has 1 N–H and O–H groups in total. The summed E-state index contributed by atoms with van der Waals surface area (Å²) in [4.78, 5) is 0. The molecular weight excluding hydrogens is 275 g/mol. The SMILES string of the molecule is OC(c1cccc(F)c1Cl)c1cccc2ccccc12. The number of aliphatic hydroxyl groups excluding tert-OH is 1. The van der Waals surface area contributed by atoms with E-state index in [0.717, 1.165) is 16.3 Å². The van der Waals surface area contributed by atoms with E-state index in [1.54, 1.807) is 12.1 Å². The summed E-state index contributed by atoms with van der Waals surface area (Å²) >= 11 is 5.95. The van der Waals surface area contributed by atoms with Crippen molar-refractivity contribution in [3.8, 4) is 0 Å². The summed E-state index contributed by atoms with van der Waals surface area (Å²) < 4.78 is 13.5. The first-order valence-electron chi connectivity index (χ1n) is 6.28. The van der Waals surface area contributed by atoms with Crippen LogP contribution in [0, 0.1) is 5.82 Å². The molecule has 100 valence electrons. The van der Waals surface area contributed by atoms with Crippen LogP contribution >= 0.6 is 11.6 Å². The van der Waals surface area contributed by atoms with Crippen molar-refractivity contribution >= 4 is 22.4 Å². The van der Waals surface area contributed by atoms with Crippen LogP contribution in [-0.2, 0) is 0 Å². The van der Waals surface area contributed by atoms with Gasteiger partial charge in [-0.25, -0.2) is 4.39 Å². The Bertz CT molecular complexity index is 765. The van der Waals surface area contributed by atoms with Crippen LogP contribution in [0.4, 0.5) is 4.39 Å². The van der Waals surface area contributed by atoms with Crippen LogP contribution in [0.15, 0.2) is 60.7 Å². The molecule has 0 aliphatic rings. The fraction of sp³-hybridized carbons (Fsp3) is 0.0588. The van der Waals surface area contributed by atoms with Gasteiger partial charge in [0.05, 0.1) is 5.02 Å². The van der Waals surface area contributed by atoms with E-state index in [1.807, 2.05) is 42.5 Å². The zero-order valence-electron chi connectivity index (χ0n) is 10.6. The first-order valence-corrected chi connectivity index (χ1v) is 6.66. The van der Waals surface area contributed by atoms with Crippen molar-refractivity contribution in [1.82, 2.24) is 0 Å². The lowest BCUT2D eigenvalue weighted by Crippen LogP contribution is -2.02.